The second kappa shape index (κ2) is 10.9. The molecule has 6 nitrogen and oxygen atoms in total. The Morgan fingerprint density at radius 3 is 2.45 bits per heavy atom. The maximum absolute atomic E-state index is 12.5. The molecule has 0 radical (unpaired) electrons. The van der Waals surface area contributed by atoms with E-state index < -0.39 is 10.0 Å². The Hall–Kier alpha value is -2.90. The van der Waals surface area contributed by atoms with E-state index >= 15 is 0 Å². The Balaban J connectivity index is 1.39. The van der Waals surface area contributed by atoms with E-state index in [9.17, 15) is 8.42 Å². The van der Waals surface area contributed by atoms with Crippen molar-refractivity contribution >= 4 is 15.7 Å². The van der Waals surface area contributed by atoms with E-state index in [1.165, 1.54) is 0 Å². The lowest BCUT2D eigenvalue weighted by Gasteiger charge is -2.14. The van der Waals surface area contributed by atoms with Gasteiger partial charge in [-0.2, -0.15) is 0 Å². The maximum Gasteiger partial charge on any atom is 0.261 e. The van der Waals surface area contributed by atoms with E-state index in [4.69, 9.17) is 4.74 Å². The minimum Gasteiger partial charge on any atom is -0.492 e. The minimum atomic E-state index is -3.58. The van der Waals surface area contributed by atoms with Gasteiger partial charge in [0, 0.05) is 24.3 Å². The van der Waals surface area contributed by atoms with Crippen LogP contribution in [0.15, 0.2) is 78.0 Å². The number of sulfonamides is 1. The van der Waals surface area contributed by atoms with Crippen molar-refractivity contribution < 1.29 is 13.2 Å². The molecule has 0 amide bonds. The lowest BCUT2D eigenvalue weighted by atomic mass is 10.1. The van der Waals surface area contributed by atoms with Crippen LogP contribution in [0.25, 0.3) is 0 Å². The van der Waals surface area contributed by atoms with E-state index in [2.05, 4.69) is 21.9 Å². The molecule has 1 aromatic heterocycles. The Kier molecular flexibility index (Phi) is 8.03. The van der Waals surface area contributed by atoms with Crippen molar-refractivity contribution in [3.63, 3.8) is 0 Å². The molecule has 2 aromatic carbocycles. The van der Waals surface area contributed by atoms with E-state index in [1.54, 1.807) is 48.8 Å². The van der Waals surface area contributed by atoms with Crippen LogP contribution in [0.4, 0.5) is 5.69 Å². The van der Waals surface area contributed by atoms with Crippen molar-refractivity contribution in [3.8, 4) is 5.75 Å². The van der Waals surface area contributed by atoms with Crippen LogP contribution in [0.5, 0.6) is 5.75 Å². The smallest absolute Gasteiger partial charge is 0.261 e. The number of nitrogens with one attached hydrogen (secondary N) is 2. The first-order valence-corrected chi connectivity index (χ1v) is 11.8. The molecule has 1 unspecified atom stereocenters. The van der Waals surface area contributed by atoms with Crippen LogP contribution < -0.4 is 14.8 Å². The number of nitrogens with zero attached hydrogens (tertiary/aromatic N) is 1. The Morgan fingerprint density at radius 2 is 1.77 bits per heavy atom. The number of hydrogen-bond donors (Lipinski definition) is 2. The van der Waals surface area contributed by atoms with Crippen LogP contribution in [-0.4, -0.2) is 33.1 Å². The van der Waals surface area contributed by atoms with Crippen molar-refractivity contribution in [1.29, 1.82) is 0 Å². The summed E-state index contributed by atoms with van der Waals surface area (Å²) in [5, 5.41) is 3.44. The molecule has 0 spiro atoms. The van der Waals surface area contributed by atoms with Crippen LogP contribution >= 0.6 is 0 Å². The van der Waals surface area contributed by atoms with Gasteiger partial charge in [-0.1, -0.05) is 36.8 Å². The normalized spacial score (nSPS) is 12.3. The van der Waals surface area contributed by atoms with Gasteiger partial charge in [0.25, 0.3) is 10.0 Å². The summed E-state index contributed by atoms with van der Waals surface area (Å²) in [6.07, 6.45) is 4.30. The van der Waals surface area contributed by atoms with Crippen molar-refractivity contribution in [1.82, 2.24) is 10.3 Å². The first-order valence-electron chi connectivity index (χ1n) is 10.3. The molecule has 1 atom stereocenters. The highest BCUT2D eigenvalue weighted by Gasteiger charge is 2.13. The molecular formula is C24H29N3O3S. The molecule has 1 heterocycles. The maximum atomic E-state index is 12.5. The number of pyridine rings is 1. The summed E-state index contributed by atoms with van der Waals surface area (Å²) in [5.41, 5.74) is 2.72. The molecular weight excluding hydrogens is 410 g/mol. The first kappa shape index (κ1) is 22.8. The molecule has 0 aliphatic heterocycles. The third kappa shape index (κ3) is 7.38. The van der Waals surface area contributed by atoms with E-state index in [0.29, 0.717) is 18.2 Å². The van der Waals surface area contributed by atoms with Crippen molar-refractivity contribution in [2.75, 3.05) is 24.4 Å². The zero-order valence-corrected chi connectivity index (χ0v) is 18.7. The van der Waals surface area contributed by atoms with Gasteiger partial charge in [-0.15, -0.1) is 0 Å². The fourth-order valence-corrected chi connectivity index (χ4v) is 4.04. The fraction of sp³-hybridized carbons (Fsp3) is 0.292. The predicted molar refractivity (Wildman–Crippen MR) is 124 cm³/mol. The fourth-order valence-electron chi connectivity index (χ4n) is 2.98. The van der Waals surface area contributed by atoms with Crippen LogP contribution in [0.1, 0.15) is 18.1 Å². The zero-order valence-electron chi connectivity index (χ0n) is 17.9. The van der Waals surface area contributed by atoms with Crippen LogP contribution in [0.3, 0.4) is 0 Å². The summed E-state index contributed by atoms with van der Waals surface area (Å²) in [6, 6.07) is 18.0. The number of aryl methyl sites for hydroxylation is 1. The summed E-state index contributed by atoms with van der Waals surface area (Å²) in [7, 11) is -3.58. The van der Waals surface area contributed by atoms with E-state index in [1.807, 2.05) is 31.2 Å². The highest BCUT2D eigenvalue weighted by Crippen LogP contribution is 2.17. The quantitative estimate of drug-likeness (QED) is 0.441. The highest BCUT2D eigenvalue weighted by molar-refractivity contribution is 7.92. The van der Waals surface area contributed by atoms with Crippen molar-refractivity contribution in [2.24, 2.45) is 5.92 Å². The molecule has 7 heteroatoms. The predicted octanol–water partition coefficient (Wildman–Crippen LogP) is 4.04. The molecule has 0 aliphatic carbocycles. The summed E-state index contributed by atoms with van der Waals surface area (Å²) >= 11 is 0. The summed E-state index contributed by atoms with van der Waals surface area (Å²) < 4.78 is 33.3. The molecule has 3 rings (SSSR count). The molecule has 0 saturated carbocycles. The minimum absolute atomic E-state index is 0.257. The Labute approximate surface area is 184 Å². The number of benzene rings is 2. The number of aromatic nitrogens is 1. The summed E-state index contributed by atoms with van der Waals surface area (Å²) in [4.78, 5) is 4.29. The molecule has 164 valence electrons. The van der Waals surface area contributed by atoms with Gasteiger partial charge in [0.2, 0.25) is 0 Å². The lowest BCUT2D eigenvalue weighted by molar-refractivity contribution is 0.255. The number of rotatable bonds is 11. The molecule has 0 aliphatic rings. The van der Waals surface area contributed by atoms with Gasteiger partial charge < -0.3 is 10.1 Å². The number of ether oxygens (including phenoxy) is 1. The van der Waals surface area contributed by atoms with Crippen molar-refractivity contribution in [3.05, 3.63) is 84.2 Å². The average molecular weight is 440 g/mol. The topological polar surface area (TPSA) is 80.3 Å². The average Bonchev–Trinajstić information content (AvgIpc) is 2.77. The first-order chi connectivity index (χ1) is 14.9. The lowest BCUT2D eigenvalue weighted by Crippen LogP contribution is -2.26. The number of hydrogen-bond acceptors (Lipinski definition) is 5. The van der Waals surface area contributed by atoms with Gasteiger partial charge in [0.15, 0.2) is 0 Å². The molecule has 31 heavy (non-hydrogen) atoms. The third-order valence-electron chi connectivity index (χ3n) is 4.79. The molecule has 2 N–H and O–H groups in total. The molecule has 0 saturated heterocycles. The Bertz CT molecular complexity index is 1040. The number of anilines is 1. The second-order valence-electron chi connectivity index (χ2n) is 7.67. The van der Waals surface area contributed by atoms with Crippen LogP contribution in [-0.2, 0) is 16.4 Å². The zero-order chi connectivity index (χ0) is 22.1. The van der Waals surface area contributed by atoms with Gasteiger partial charge in [-0.3, -0.25) is 9.71 Å². The molecule has 3 aromatic rings. The van der Waals surface area contributed by atoms with Gasteiger partial charge in [-0.05, 0) is 61.9 Å². The van der Waals surface area contributed by atoms with E-state index in [-0.39, 0.29) is 4.90 Å². The monoisotopic (exact) mass is 439 g/mol. The SMILES string of the molecule is Cc1ccc(S(=O)(=O)Nc2ccc(CCNCC(C)COc3cccnc3)cc2)cc1. The summed E-state index contributed by atoms with van der Waals surface area (Å²) in [6.45, 7) is 6.39. The van der Waals surface area contributed by atoms with Gasteiger partial charge in [-0.25, -0.2) is 8.42 Å². The Morgan fingerprint density at radius 1 is 1.03 bits per heavy atom. The van der Waals surface area contributed by atoms with Gasteiger partial charge >= 0.3 is 0 Å². The molecule has 0 bridgehead atoms. The largest absolute Gasteiger partial charge is 0.492 e. The van der Waals surface area contributed by atoms with E-state index in [0.717, 1.165) is 36.4 Å². The molecule has 0 fully saturated rings. The van der Waals surface area contributed by atoms with Crippen LogP contribution in [0.2, 0.25) is 0 Å². The van der Waals surface area contributed by atoms with Crippen LogP contribution in [0, 0.1) is 12.8 Å². The summed E-state index contributed by atoms with van der Waals surface area (Å²) in [5.74, 6) is 1.16. The van der Waals surface area contributed by atoms with Gasteiger partial charge in [0.05, 0.1) is 17.7 Å². The third-order valence-corrected chi connectivity index (χ3v) is 6.19. The highest BCUT2D eigenvalue weighted by atomic mass is 32.2. The second-order valence-corrected chi connectivity index (χ2v) is 9.36. The van der Waals surface area contributed by atoms with Crippen molar-refractivity contribution in [2.45, 2.75) is 25.2 Å². The van der Waals surface area contributed by atoms with Gasteiger partial charge in [0.1, 0.15) is 5.75 Å². The standard InChI is InChI=1S/C24H29N3O3S/c1-19-5-11-24(12-6-19)31(28,29)27-22-9-7-21(8-10-22)13-15-26-16-20(2)18-30-23-4-3-14-25-17-23/h3-12,14,17,20,26-27H,13,15-16,18H2,1-2H3.